The fourth-order valence-electron chi connectivity index (χ4n) is 8.87. The largest absolute Gasteiger partial charge is 1.00 e. The Balaban J connectivity index is 0.000000212. The molecular formula is C50H60Cl2SiZr-2. The van der Waals surface area contributed by atoms with Crippen LogP contribution in [0.5, 0.6) is 0 Å². The molecule has 0 N–H and O–H groups in total. The minimum absolute atomic E-state index is 0. The van der Waals surface area contributed by atoms with E-state index in [0.29, 0.717) is 10.8 Å². The molecule has 0 atom stereocenters. The van der Waals surface area contributed by atoms with E-state index >= 15 is 0 Å². The van der Waals surface area contributed by atoms with E-state index < -0.39 is 0 Å². The zero-order chi connectivity index (χ0) is 37.0. The monoisotopic (exact) mass is 848 g/mol. The van der Waals surface area contributed by atoms with Gasteiger partial charge in [0.15, 0.2) is 0 Å². The number of aryl methyl sites for hydroxylation is 4. The van der Waals surface area contributed by atoms with Crippen molar-refractivity contribution in [2.24, 2.45) is 10.8 Å². The Morgan fingerprint density at radius 3 is 1.19 bits per heavy atom. The predicted octanol–water partition coefficient (Wildman–Crippen LogP) is 8.72. The molecule has 0 heterocycles. The van der Waals surface area contributed by atoms with Gasteiger partial charge in [0.05, 0.1) is 0 Å². The Kier molecular flexibility index (Phi) is 15.9. The minimum Gasteiger partial charge on any atom is -1.00 e. The average molecular weight is 851 g/mol. The molecule has 0 aliphatic heterocycles. The molecule has 6 aromatic rings. The van der Waals surface area contributed by atoms with E-state index in [0.717, 1.165) is 0 Å². The second-order valence-corrected chi connectivity index (χ2v) is 26.3. The van der Waals surface area contributed by atoms with Crippen LogP contribution in [0.1, 0.15) is 98.6 Å². The molecule has 0 nitrogen and oxygen atoms in total. The van der Waals surface area contributed by atoms with Gasteiger partial charge in [-0.2, -0.15) is 12.1 Å². The van der Waals surface area contributed by atoms with Gasteiger partial charge in [-0.3, -0.25) is 0 Å². The zero-order valence-electron chi connectivity index (χ0n) is 34.1. The van der Waals surface area contributed by atoms with Crippen LogP contribution >= 0.6 is 0 Å². The summed E-state index contributed by atoms with van der Waals surface area (Å²) in [5.41, 5.74) is 15.4. The van der Waals surface area contributed by atoms with Crippen LogP contribution in [0.3, 0.4) is 0 Å². The maximum atomic E-state index is 2.46. The third kappa shape index (κ3) is 11.4. The van der Waals surface area contributed by atoms with Crippen LogP contribution in [0.25, 0.3) is 43.8 Å². The normalized spacial score (nSPS) is 14.6. The molecule has 2 fully saturated rings. The first kappa shape index (κ1) is 44.5. The Bertz CT molecular complexity index is 1980. The summed E-state index contributed by atoms with van der Waals surface area (Å²) < 4.78 is 0. The van der Waals surface area contributed by atoms with Crippen LogP contribution in [0.2, 0.25) is 13.1 Å². The first-order valence-electron chi connectivity index (χ1n) is 20.0. The van der Waals surface area contributed by atoms with Crippen LogP contribution in [0, 0.1) is 38.5 Å². The first-order valence-corrected chi connectivity index (χ1v) is 26.1. The summed E-state index contributed by atoms with van der Waals surface area (Å²) in [6.07, 6.45) is 13.6. The second kappa shape index (κ2) is 19.3. The van der Waals surface area contributed by atoms with Gasteiger partial charge >= 0.3 is 41.9 Å². The van der Waals surface area contributed by atoms with Crippen LogP contribution < -0.4 is 24.8 Å². The summed E-state index contributed by atoms with van der Waals surface area (Å²) in [5, 5.41) is 5.64. The molecular weight excluding hydrogens is 791 g/mol. The fourth-order valence-corrected chi connectivity index (χ4v) is 8.87. The molecule has 2 saturated carbocycles. The third-order valence-corrected chi connectivity index (χ3v) is 11.3. The van der Waals surface area contributed by atoms with Crippen LogP contribution in [-0.2, 0) is 36.2 Å². The molecule has 0 aromatic heterocycles. The van der Waals surface area contributed by atoms with E-state index in [4.69, 9.17) is 0 Å². The molecule has 2 aliphatic rings. The van der Waals surface area contributed by atoms with E-state index in [9.17, 15) is 0 Å². The van der Waals surface area contributed by atoms with Crippen molar-refractivity contribution in [3.8, 4) is 22.3 Å². The molecule has 8 rings (SSSR count). The topological polar surface area (TPSA) is 0 Å². The molecule has 4 heteroatoms. The maximum Gasteiger partial charge on any atom is -1.00 e. The number of fused-ring (bicyclic) bond motifs is 2. The standard InChI is InChI=1S/2C24H27.C2H6Si.2ClH.Zr/c2*1-4-8-24(9-10-24)16-19-14-20-6-5-7-22(23(20)15-19)21-12-17(2)11-18(3)13-21;1-3-2;;;/h2*5-7,11-15H,4,8-10,16H2,1-3H3;1-2H3;2*1H;/q2*-1;;;;+2/p-2. The smallest absolute Gasteiger partial charge is 1.00 e. The quantitative estimate of drug-likeness (QED) is 0.0957. The summed E-state index contributed by atoms with van der Waals surface area (Å²) in [7, 11) is 0. The molecule has 54 heavy (non-hydrogen) atoms. The van der Waals surface area contributed by atoms with Crippen molar-refractivity contribution in [2.75, 3.05) is 0 Å². The van der Waals surface area contributed by atoms with Gasteiger partial charge in [0.25, 0.3) is 0 Å². The van der Waals surface area contributed by atoms with Crippen molar-refractivity contribution in [1.82, 2.24) is 0 Å². The fraction of sp³-hybridized carbons (Fsp3) is 0.400. The number of hydrogen-bond donors (Lipinski definition) is 0. The van der Waals surface area contributed by atoms with Crippen LogP contribution in [-0.4, -0.2) is 5.43 Å². The molecule has 0 bridgehead atoms. The van der Waals surface area contributed by atoms with E-state index in [1.165, 1.54) is 141 Å². The van der Waals surface area contributed by atoms with Crippen molar-refractivity contribution in [3.63, 3.8) is 0 Å². The van der Waals surface area contributed by atoms with Gasteiger partial charge in [-0.05, 0) is 101 Å². The minimum atomic E-state index is 0. The van der Waals surface area contributed by atoms with Gasteiger partial charge in [-0.15, -0.1) is 69.1 Å². The molecule has 0 amide bonds. The maximum absolute atomic E-state index is 2.46. The SMILES string of the molecule is CCCC1(Cc2cc3c(-c4cc(C)cc(C)c4)cccc3[cH-]2)CC1.CCCC1(Cc2cc3c(-c4cc(C)cc(C)c4)cccc3[cH-]2)CC1.C[Si](C)=[Zr+2].[Cl-].[Cl-]. The molecule has 284 valence electrons. The molecule has 0 spiro atoms. The summed E-state index contributed by atoms with van der Waals surface area (Å²) in [6.45, 7) is 18.0. The summed E-state index contributed by atoms with van der Waals surface area (Å²) in [5.74, 6) is 0. The van der Waals surface area contributed by atoms with Gasteiger partial charge in [-0.1, -0.05) is 109 Å². The molecule has 0 radical (unpaired) electrons. The van der Waals surface area contributed by atoms with Gasteiger partial charge in [0, 0.05) is 0 Å². The number of halogens is 2. The van der Waals surface area contributed by atoms with Gasteiger partial charge in [0.2, 0.25) is 0 Å². The van der Waals surface area contributed by atoms with Crippen LogP contribution in [0.15, 0.2) is 97.1 Å². The molecule has 2 aliphatic carbocycles. The van der Waals surface area contributed by atoms with E-state index in [1.807, 2.05) is 0 Å². The number of benzene rings is 4. The first-order chi connectivity index (χ1) is 24.9. The van der Waals surface area contributed by atoms with Crippen LogP contribution in [0.4, 0.5) is 0 Å². The van der Waals surface area contributed by atoms with Crippen molar-refractivity contribution >= 4 is 27.0 Å². The van der Waals surface area contributed by atoms with Crippen molar-refractivity contribution in [2.45, 2.75) is 119 Å². The molecule has 6 aromatic carbocycles. The summed E-state index contributed by atoms with van der Waals surface area (Å²) in [6, 6.07) is 37.0. The average Bonchev–Trinajstić information content (AvgIpc) is 3.91. The van der Waals surface area contributed by atoms with Gasteiger partial charge in [0.1, 0.15) is 0 Å². The third-order valence-electron chi connectivity index (χ3n) is 11.3. The number of hydrogen-bond acceptors (Lipinski definition) is 0. The van der Waals surface area contributed by atoms with Gasteiger partial charge < -0.3 is 24.8 Å². The zero-order valence-corrected chi connectivity index (χ0v) is 39.0. The second-order valence-electron chi connectivity index (χ2n) is 17.0. The predicted molar refractivity (Wildman–Crippen MR) is 227 cm³/mol. The Morgan fingerprint density at radius 1 is 0.556 bits per heavy atom. The Morgan fingerprint density at radius 2 is 0.889 bits per heavy atom. The Labute approximate surface area is 354 Å². The van der Waals surface area contributed by atoms with E-state index in [-0.39, 0.29) is 30.2 Å². The Hall–Kier alpha value is -2.22. The van der Waals surface area contributed by atoms with Crippen molar-refractivity contribution < 1.29 is 48.1 Å². The van der Waals surface area contributed by atoms with Crippen molar-refractivity contribution in [3.05, 3.63) is 130 Å². The van der Waals surface area contributed by atoms with E-state index in [2.05, 4.69) is 152 Å². The van der Waals surface area contributed by atoms with E-state index in [1.54, 1.807) is 23.3 Å². The summed E-state index contributed by atoms with van der Waals surface area (Å²) in [4.78, 5) is 0. The summed E-state index contributed by atoms with van der Waals surface area (Å²) >= 11 is 1.74. The number of rotatable bonds is 10. The van der Waals surface area contributed by atoms with Crippen molar-refractivity contribution in [1.29, 1.82) is 0 Å². The molecule has 0 saturated heterocycles. The molecule has 0 unspecified atom stereocenters. The van der Waals surface area contributed by atoms with Gasteiger partial charge in [-0.25, -0.2) is 0 Å².